The number of sulfone groups is 2. The minimum absolute atomic E-state index is 0.336. The number of rotatable bonds is 4. The van der Waals surface area contributed by atoms with Gasteiger partial charge in [0.25, 0.3) is 19.7 Å². The van der Waals surface area contributed by atoms with Crippen LogP contribution >= 0.6 is 0 Å². The van der Waals surface area contributed by atoms with Gasteiger partial charge in [0.15, 0.2) is 4.58 Å². The lowest BCUT2D eigenvalue weighted by atomic mass is 9.86. The Balaban J connectivity index is 3.68. The van der Waals surface area contributed by atoms with Crippen LogP contribution in [0.1, 0.15) is 31.9 Å². The van der Waals surface area contributed by atoms with Crippen LogP contribution < -0.4 is 0 Å². The first kappa shape index (κ1) is 23.5. The normalized spacial score (nSPS) is 14.6. The molecule has 1 aromatic carbocycles. The van der Waals surface area contributed by atoms with E-state index in [2.05, 4.69) is 0 Å². The van der Waals surface area contributed by atoms with Crippen molar-refractivity contribution in [3.63, 3.8) is 0 Å². The van der Waals surface area contributed by atoms with Gasteiger partial charge in [-0.25, -0.2) is 16.8 Å². The molecule has 0 heterocycles. The van der Waals surface area contributed by atoms with Crippen LogP contribution in [-0.4, -0.2) is 37.5 Å². The molecule has 156 valence electrons. The zero-order chi connectivity index (χ0) is 21.6. The Morgan fingerprint density at radius 3 is 1.63 bits per heavy atom. The van der Waals surface area contributed by atoms with Crippen LogP contribution in [0.4, 0.5) is 26.3 Å². The van der Waals surface area contributed by atoms with E-state index in [1.807, 2.05) is 0 Å². The predicted octanol–water partition coefficient (Wildman–Crippen LogP) is 3.43. The minimum atomic E-state index is -6.76. The number of halogens is 6. The Kier molecular flexibility index (Phi) is 5.96. The monoisotopic (exact) mass is 442 g/mol. The highest BCUT2D eigenvalue weighted by atomic mass is 32.3. The summed E-state index contributed by atoms with van der Waals surface area (Å²) in [5, 5.41) is 9.73. The predicted molar refractivity (Wildman–Crippen MR) is 84.2 cm³/mol. The van der Waals surface area contributed by atoms with Gasteiger partial charge >= 0.3 is 11.0 Å². The third-order valence-electron chi connectivity index (χ3n) is 3.67. The van der Waals surface area contributed by atoms with Crippen molar-refractivity contribution >= 4 is 19.7 Å². The molecule has 0 spiro atoms. The second kappa shape index (κ2) is 6.83. The molecule has 0 amide bonds. The van der Waals surface area contributed by atoms with E-state index < -0.39 is 58.4 Å². The number of alkyl halides is 6. The lowest BCUT2D eigenvalue weighted by Crippen LogP contribution is -2.46. The Morgan fingerprint density at radius 2 is 1.30 bits per heavy atom. The third kappa shape index (κ3) is 4.68. The molecule has 0 atom stereocenters. The van der Waals surface area contributed by atoms with Gasteiger partial charge < -0.3 is 5.11 Å². The third-order valence-corrected chi connectivity index (χ3v) is 8.20. The SMILES string of the molecule is CC(C)(C)c1ccc(O)c(CC(S(=O)(=O)C(F)(F)F)S(=O)(=O)C(F)(F)F)c1. The molecule has 1 N–H and O–H groups in total. The van der Waals surface area contributed by atoms with Crippen molar-refractivity contribution in [1.29, 1.82) is 0 Å². The van der Waals surface area contributed by atoms with Crippen molar-refractivity contribution in [2.24, 2.45) is 0 Å². The molecule has 0 aliphatic carbocycles. The number of aromatic hydroxyl groups is 1. The molecule has 1 rings (SSSR count). The Bertz CT molecular complexity index is 865. The second-order valence-electron chi connectivity index (χ2n) is 6.71. The highest BCUT2D eigenvalue weighted by molar-refractivity contribution is 8.09. The number of phenolic OH excluding ortho intramolecular Hbond substituents is 1. The number of phenols is 1. The maximum atomic E-state index is 12.8. The van der Waals surface area contributed by atoms with E-state index in [0.29, 0.717) is 5.56 Å². The van der Waals surface area contributed by atoms with Crippen molar-refractivity contribution in [3.8, 4) is 5.75 Å². The molecular formula is C14H16F6O5S2. The van der Waals surface area contributed by atoms with Gasteiger partial charge in [-0.15, -0.1) is 0 Å². The fraction of sp³-hybridized carbons (Fsp3) is 0.571. The highest BCUT2D eigenvalue weighted by Crippen LogP contribution is 2.39. The molecule has 0 fully saturated rings. The van der Waals surface area contributed by atoms with Crippen molar-refractivity contribution < 1.29 is 48.3 Å². The molecule has 0 saturated carbocycles. The van der Waals surface area contributed by atoms with Crippen LogP contribution in [0, 0.1) is 0 Å². The molecule has 27 heavy (non-hydrogen) atoms. The quantitative estimate of drug-likeness (QED) is 0.722. The first-order chi connectivity index (χ1) is 11.7. The average Bonchev–Trinajstić information content (AvgIpc) is 2.42. The molecule has 5 nitrogen and oxygen atoms in total. The first-order valence-electron chi connectivity index (χ1n) is 7.15. The van der Waals surface area contributed by atoms with Crippen LogP contribution in [0.2, 0.25) is 0 Å². The summed E-state index contributed by atoms with van der Waals surface area (Å²) in [5.41, 5.74) is -13.5. The zero-order valence-corrected chi connectivity index (χ0v) is 15.8. The summed E-state index contributed by atoms with van der Waals surface area (Å²) in [6.07, 6.45) is -1.72. The van der Waals surface area contributed by atoms with E-state index in [-0.39, 0.29) is 0 Å². The molecule has 0 aromatic heterocycles. The topological polar surface area (TPSA) is 88.5 Å². The maximum Gasteiger partial charge on any atom is 0.498 e. The molecule has 0 unspecified atom stereocenters. The molecule has 0 aliphatic heterocycles. The number of hydrogen-bond donors (Lipinski definition) is 1. The minimum Gasteiger partial charge on any atom is -0.508 e. The van der Waals surface area contributed by atoms with Gasteiger partial charge in [-0.3, -0.25) is 0 Å². The zero-order valence-electron chi connectivity index (χ0n) is 14.2. The average molecular weight is 442 g/mol. The smallest absolute Gasteiger partial charge is 0.498 e. The van der Waals surface area contributed by atoms with Crippen molar-refractivity contribution in [2.45, 2.75) is 48.2 Å². The second-order valence-corrected chi connectivity index (χ2v) is 11.3. The van der Waals surface area contributed by atoms with Crippen LogP contribution in [0.3, 0.4) is 0 Å². The van der Waals surface area contributed by atoms with E-state index in [1.165, 1.54) is 6.07 Å². The summed E-state index contributed by atoms with van der Waals surface area (Å²) in [7, 11) is -13.5. The Morgan fingerprint density at radius 1 is 0.889 bits per heavy atom. The summed E-state index contributed by atoms with van der Waals surface area (Å²) in [6, 6.07) is 3.23. The van der Waals surface area contributed by atoms with Crippen LogP contribution in [0.25, 0.3) is 0 Å². The van der Waals surface area contributed by atoms with Gasteiger partial charge in [0, 0.05) is 6.42 Å². The lowest BCUT2D eigenvalue weighted by Gasteiger charge is -2.23. The maximum absolute atomic E-state index is 12.8. The lowest BCUT2D eigenvalue weighted by molar-refractivity contribution is -0.0471. The molecule has 0 bridgehead atoms. The summed E-state index contributed by atoms with van der Waals surface area (Å²) in [6.45, 7) is 4.92. The summed E-state index contributed by atoms with van der Waals surface area (Å²) >= 11 is 0. The van der Waals surface area contributed by atoms with E-state index in [1.54, 1.807) is 20.8 Å². The Hall–Kier alpha value is -1.50. The summed E-state index contributed by atoms with van der Waals surface area (Å²) in [4.78, 5) is 0. The van der Waals surface area contributed by atoms with Gasteiger partial charge in [-0.1, -0.05) is 32.9 Å². The Labute approximate surface area is 151 Å². The van der Waals surface area contributed by atoms with Crippen LogP contribution in [0.5, 0.6) is 5.75 Å². The van der Waals surface area contributed by atoms with Crippen molar-refractivity contribution in [1.82, 2.24) is 0 Å². The largest absolute Gasteiger partial charge is 0.508 e. The van der Waals surface area contributed by atoms with E-state index >= 15 is 0 Å². The molecular weight excluding hydrogens is 426 g/mol. The van der Waals surface area contributed by atoms with Crippen LogP contribution in [0.15, 0.2) is 18.2 Å². The van der Waals surface area contributed by atoms with Crippen molar-refractivity contribution in [3.05, 3.63) is 29.3 Å². The standard InChI is InChI=1S/C14H16F6O5S2/c1-12(2,3)9-4-5-10(21)8(6-9)7-11(26(22,23)13(15,16)17)27(24,25)14(18,19)20/h4-6,11,21H,7H2,1-3H3. The molecule has 1 aromatic rings. The van der Waals surface area contributed by atoms with Gasteiger partial charge in [0.1, 0.15) is 5.75 Å². The molecule has 0 saturated heterocycles. The number of hydrogen-bond acceptors (Lipinski definition) is 5. The molecule has 0 radical (unpaired) electrons. The van der Waals surface area contributed by atoms with Gasteiger partial charge in [0.05, 0.1) is 0 Å². The summed E-state index contributed by atoms with van der Waals surface area (Å²) in [5.74, 6) is -0.831. The fourth-order valence-corrected chi connectivity index (χ4v) is 5.46. The van der Waals surface area contributed by atoms with E-state index in [4.69, 9.17) is 0 Å². The molecule has 0 aliphatic rings. The van der Waals surface area contributed by atoms with Gasteiger partial charge in [-0.2, -0.15) is 26.3 Å². The highest BCUT2D eigenvalue weighted by Gasteiger charge is 2.62. The number of benzene rings is 1. The fourth-order valence-electron chi connectivity index (χ4n) is 2.08. The van der Waals surface area contributed by atoms with Crippen LogP contribution in [-0.2, 0) is 31.5 Å². The van der Waals surface area contributed by atoms with Gasteiger partial charge in [0.2, 0.25) is 0 Å². The summed E-state index contributed by atoms with van der Waals surface area (Å²) < 4.78 is 119. The first-order valence-corrected chi connectivity index (χ1v) is 10.2. The van der Waals surface area contributed by atoms with Crippen molar-refractivity contribution in [2.75, 3.05) is 0 Å². The van der Waals surface area contributed by atoms with E-state index in [0.717, 1.165) is 12.1 Å². The molecule has 13 heteroatoms. The van der Waals surface area contributed by atoms with Gasteiger partial charge in [-0.05, 0) is 22.6 Å². The van der Waals surface area contributed by atoms with E-state index in [9.17, 15) is 48.3 Å².